The Balaban J connectivity index is 1.47. The Morgan fingerprint density at radius 2 is 1.97 bits per heavy atom. The van der Waals surface area contributed by atoms with E-state index in [0.29, 0.717) is 0 Å². The fourth-order valence-electron chi connectivity index (χ4n) is 7.02. The largest absolute Gasteiger partial charge is 0.351 e. The molecule has 2 N–H and O–H groups in total. The number of amides is 2. The Kier molecular flexibility index (Phi) is 5.34. The number of carbonyl (C=O) groups excluding carboxylic acids is 2. The smallest absolute Gasteiger partial charge is 0.247 e. The van der Waals surface area contributed by atoms with E-state index in [-0.39, 0.29) is 41.7 Å². The Bertz CT molecular complexity index is 791. The molecule has 2 amide bonds. The second kappa shape index (κ2) is 7.99. The van der Waals surface area contributed by atoms with Crippen LogP contribution in [-0.4, -0.2) is 40.9 Å². The molecule has 4 bridgehead atoms. The molecule has 3 aliphatic heterocycles. The summed E-state index contributed by atoms with van der Waals surface area (Å²) in [5.41, 5.74) is 0.531. The average molecular weight is 410 g/mol. The molecule has 5 aliphatic rings. The molecule has 5 fully saturated rings. The van der Waals surface area contributed by atoms with E-state index >= 15 is 0 Å². The van der Waals surface area contributed by atoms with Crippen molar-refractivity contribution in [3.63, 3.8) is 0 Å². The van der Waals surface area contributed by atoms with Gasteiger partial charge < -0.3 is 10.6 Å². The lowest BCUT2D eigenvalue weighted by molar-refractivity contribution is -0.155. The first-order valence-electron chi connectivity index (χ1n) is 12.0. The van der Waals surface area contributed by atoms with E-state index in [1.165, 1.54) is 24.8 Å². The predicted molar refractivity (Wildman–Crippen MR) is 117 cm³/mol. The van der Waals surface area contributed by atoms with Gasteiger partial charge in [-0.15, -0.1) is 0 Å². The highest BCUT2D eigenvalue weighted by molar-refractivity contribution is 5.97. The maximum atomic E-state index is 13.8. The van der Waals surface area contributed by atoms with Crippen molar-refractivity contribution in [2.45, 2.75) is 82.5 Å². The summed E-state index contributed by atoms with van der Waals surface area (Å²) >= 11 is 0. The number of carbonyl (C=O) groups is 2. The van der Waals surface area contributed by atoms with E-state index in [0.717, 1.165) is 45.2 Å². The highest BCUT2D eigenvalue weighted by Crippen LogP contribution is 2.54. The highest BCUT2D eigenvalue weighted by Gasteiger charge is 2.70. The molecule has 30 heavy (non-hydrogen) atoms. The maximum Gasteiger partial charge on any atom is 0.247 e. The third-order valence-electron chi connectivity index (χ3n) is 8.25. The lowest BCUT2D eigenvalue weighted by Crippen LogP contribution is -2.78. The van der Waals surface area contributed by atoms with Gasteiger partial charge in [0.15, 0.2) is 0 Å². The SMILES string of the molecule is CCC[C@H]1[C@@H]2N(Cc3ccccc3)C[C@@H]3C[C@H]1C(=O)N[C@@]32C(=O)NC1CCCCC1. The summed E-state index contributed by atoms with van der Waals surface area (Å²) in [6.07, 6.45) is 8.71. The first-order chi connectivity index (χ1) is 14.6. The molecule has 0 spiro atoms. The molecule has 3 saturated heterocycles. The molecule has 5 nitrogen and oxygen atoms in total. The van der Waals surface area contributed by atoms with Gasteiger partial charge in [-0.25, -0.2) is 0 Å². The average Bonchev–Trinajstić information content (AvgIpc) is 2.98. The van der Waals surface area contributed by atoms with Crippen LogP contribution >= 0.6 is 0 Å². The standard InChI is InChI=1S/C25H35N3O2/c1-2-9-20-21-14-18-16-28(15-17-10-5-3-6-11-17)22(20)25(18,27-23(21)29)24(30)26-19-12-7-4-8-13-19/h3,5-6,10-11,18-22H,2,4,7-9,12-16H2,1H3,(H,26,30)(H,27,29)/t18-,20+,21+,22-,25-/m0/s1. The number of hydrogen-bond donors (Lipinski definition) is 2. The molecule has 5 atom stereocenters. The second-order valence-electron chi connectivity index (χ2n) is 10.0. The van der Waals surface area contributed by atoms with E-state index in [1.54, 1.807) is 0 Å². The van der Waals surface area contributed by atoms with Gasteiger partial charge in [-0.2, -0.15) is 0 Å². The molecule has 1 aromatic rings. The third kappa shape index (κ3) is 3.17. The second-order valence-corrected chi connectivity index (χ2v) is 10.0. The number of nitrogens with one attached hydrogen (secondary N) is 2. The molecule has 0 radical (unpaired) electrons. The monoisotopic (exact) mass is 409 g/mol. The summed E-state index contributed by atoms with van der Waals surface area (Å²) in [4.78, 5) is 29.4. The quantitative estimate of drug-likeness (QED) is 0.758. The number of hydrogen-bond acceptors (Lipinski definition) is 3. The zero-order chi connectivity index (χ0) is 20.7. The van der Waals surface area contributed by atoms with Crippen LogP contribution in [-0.2, 0) is 16.1 Å². The van der Waals surface area contributed by atoms with Gasteiger partial charge in [-0.3, -0.25) is 14.5 Å². The van der Waals surface area contributed by atoms with Crippen LogP contribution in [0.4, 0.5) is 0 Å². The third-order valence-corrected chi connectivity index (χ3v) is 8.25. The van der Waals surface area contributed by atoms with Crippen molar-refractivity contribution in [1.82, 2.24) is 15.5 Å². The van der Waals surface area contributed by atoms with E-state index < -0.39 is 5.54 Å². The molecule has 0 unspecified atom stereocenters. The predicted octanol–water partition coefficient (Wildman–Crippen LogP) is 3.24. The van der Waals surface area contributed by atoms with Crippen molar-refractivity contribution >= 4 is 11.8 Å². The van der Waals surface area contributed by atoms with Crippen LogP contribution in [0.25, 0.3) is 0 Å². The van der Waals surface area contributed by atoms with Crippen LogP contribution in [0.1, 0.15) is 63.9 Å². The Morgan fingerprint density at radius 1 is 1.20 bits per heavy atom. The topological polar surface area (TPSA) is 61.4 Å². The van der Waals surface area contributed by atoms with Crippen molar-refractivity contribution < 1.29 is 9.59 Å². The first-order valence-corrected chi connectivity index (χ1v) is 12.0. The molecular weight excluding hydrogens is 374 g/mol. The minimum absolute atomic E-state index is 0.0603. The fourth-order valence-corrected chi connectivity index (χ4v) is 7.02. The van der Waals surface area contributed by atoms with Gasteiger partial charge in [-0.1, -0.05) is 62.9 Å². The van der Waals surface area contributed by atoms with Crippen molar-refractivity contribution in [1.29, 1.82) is 0 Å². The minimum atomic E-state index is -0.752. The van der Waals surface area contributed by atoms with Crippen molar-refractivity contribution in [2.24, 2.45) is 17.8 Å². The molecular formula is C25H35N3O2. The van der Waals surface area contributed by atoms with Crippen molar-refractivity contribution in [3.05, 3.63) is 35.9 Å². The minimum Gasteiger partial charge on any atom is -0.351 e. The van der Waals surface area contributed by atoms with Gasteiger partial charge in [0.05, 0.1) is 0 Å². The number of piperidine rings is 2. The molecule has 2 aliphatic carbocycles. The lowest BCUT2D eigenvalue weighted by atomic mass is 9.58. The van der Waals surface area contributed by atoms with Gasteiger partial charge in [0.1, 0.15) is 5.54 Å². The first kappa shape index (κ1) is 20.0. The van der Waals surface area contributed by atoms with Crippen molar-refractivity contribution in [3.8, 4) is 0 Å². The maximum absolute atomic E-state index is 13.8. The van der Waals surface area contributed by atoms with Crippen LogP contribution in [0.2, 0.25) is 0 Å². The fraction of sp³-hybridized carbons (Fsp3) is 0.680. The summed E-state index contributed by atoms with van der Waals surface area (Å²) < 4.78 is 0. The molecule has 6 rings (SSSR count). The Hall–Kier alpha value is -1.88. The normalized spacial score (nSPS) is 36.0. The Morgan fingerprint density at radius 3 is 2.70 bits per heavy atom. The highest BCUT2D eigenvalue weighted by atomic mass is 16.2. The molecule has 2 saturated carbocycles. The molecule has 3 heterocycles. The zero-order valence-electron chi connectivity index (χ0n) is 18.1. The molecule has 5 heteroatoms. The Labute approximate surface area is 180 Å². The number of benzene rings is 1. The summed E-state index contributed by atoms with van der Waals surface area (Å²) in [5, 5.41) is 6.69. The van der Waals surface area contributed by atoms with Gasteiger partial charge >= 0.3 is 0 Å². The van der Waals surface area contributed by atoms with Crippen LogP contribution < -0.4 is 10.6 Å². The summed E-state index contributed by atoms with van der Waals surface area (Å²) in [6.45, 7) is 3.95. The van der Waals surface area contributed by atoms with E-state index in [4.69, 9.17) is 0 Å². The number of fused-ring (bicyclic) bond motifs is 1. The summed E-state index contributed by atoms with van der Waals surface area (Å²) in [7, 11) is 0. The van der Waals surface area contributed by atoms with E-state index in [1.807, 2.05) is 6.07 Å². The van der Waals surface area contributed by atoms with E-state index in [9.17, 15) is 9.59 Å². The van der Waals surface area contributed by atoms with Crippen molar-refractivity contribution in [2.75, 3.05) is 6.54 Å². The molecule has 0 aromatic heterocycles. The number of rotatable bonds is 6. The van der Waals surface area contributed by atoms with Gasteiger partial charge in [0.25, 0.3) is 0 Å². The van der Waals surface area contributed by atoms with Crippen LogP contribution in [0, 0.1) is 17.8 Å². The summed E-state index contributed by atoms with van der Waals surface area (Å²) in [6, 6.07) is 10.9. The van der Waals surface area contributed by atoms with Crippen LogP contribution in [0.3, 0.4) is 0 Å². The van der Waals surface area contributed by atoms with Gasteiger partial charge in [0.2, 0.25) is 11.8 Å². The van der Waals surface area contributed by atoms with E-state index in [2.05, 4.69) is 46.7 Å². The zero-order valence-corrected chi connectivity index (χ0v) is 18.1. The van der Waals surface area contributed by atoms with Crippen LogP contribution in [0.15, 0.2) is 30.3 Å². The summed E-state index contributed by atoms with van der Waals surface area (Å²) in [5.74, 6) is 0.743. The molecule has 162 valence electrons. The van der Waals surface area contributed by atoms with Gasteiger partial charge in [0, 0.05) is 37.0 Å². The molecule has 1 aromatic carbocycles. The lowest BCUT2D eigenvalue weighted by Gasteiger charge is -2.55. The number of likely N-dealkylation sites (tertiary alicyclic amines) is 1. The van der Waals surface area contributed by atoms with Gasteiger partial charge in [-0.05, 0) is 37.2 Å². The number of nitrogens with zero attached hydrogens (tertiary/aromatic N) is 1. The van der Waals surface area contributed by atoms with Crippen LogP contribution in [0.5, 0.6) is 0 Å².